The van der Waals surface area contributed by atoms with E-state index in [0.717, 1.165) is 28.6 Å². The van der Waals surface area contributed by atoms with Crippen LogP contribution in [0.2, 0.25) is 0 Å². The summed E-state index contributed by atoms with van der Waals surface area (Å²) in [5.41, 5.74) is 0.274. The molecule has 0 amide bonds. The summed E-state index contributed by atoms with van der Waals surface area (Å²) in [5.74, 6) is -0.769. The number of nitro benzene ring substituents is 1. The fourth-order valence-corrected chi connectivity index (χ4v) is 4.67. The third-order valence-corrected chi connectivity index (χ3v) is 6.59. The third-order valence-electron chi connectivity index (χ3n) is 4.82. The number of nitro groups is 1. The number of anilines is 1. The van der Waals surface area contributed by atoms with Crippen LogP contribution in [0.1, 0.15) is 31.9 Å². The highest BCUT2D eigenvalue weighted by atomic mass is 32.2. The molecule has 11 heteroatoms. The molecule has 0 aliphatic rings. The first-order chi connectivity index (χ1) is 16.9. The number of hydrogen-bond acceptors (Lipinski definition) is 7. The Morgan fingerprint density at radius 3 is 2.22 bits per heavy atom. The Hall–Kier alpha value is -4.25. The molecule has 3 aromatic rings. The second-order valence-corrected chi connectivity index (χ2v) is 10.6. The fourth-order valence-electron chi connectivity index (χ4n) is 3.23. The van der Waals surface area contributed by atoms with Crippen molar-refractivity contribution in [1.29, 1.82) is 0 Å². The lowest BCUT2D eigenvalue weighted by Gasteiger charge is -2.27. The standard InChI is InChI=1S/C25H25N3O7S/c1-25(2,3)35-24(29)18-27(36(33,34)22-12-10-21(11-13-22)28(31)32)23-7-5-4-6-20(23)9-8-19-14-16-26(30)17-15-19/h4-17H,18H2,1-3H3/b9-8+. The Bertz CT molecular complexity index is 1380. The Kier molecular flexibility index (Phi) is 7.74. The van der Waals surface area contributed by atoms with Gasteiger partial charge < -0.3 is 9.94 Å². The van der Waals surface area contributed by atoms with Gasteiger partial charge in [0.2, 0.25) is 0 Å². The molecule has 0 saturated carbocycles. The highest BCUT2D eigenvalue weighted by Crippen LogP contribution is 2.29. The number of benzene rings is 2. The lowest BCUT2D eigenvalue weighted by molar-refractivity contribution is -0.605. The van der Waals surface area contributed by atoms with Gasteiger partial charge in [0.1, 0.15) is 12.1 Å². The smallest absolute Gasteiger partial charge is 0.327 e. The highest BCUT2D eigenvalue weighted by molar-refractivity contribution is 7.92. The molecule has 0 N–H and O–H groups in total. The van der Waals surface area contributed by atoms with Crippen LogP contribution in [0.15, 0.2) is 78.0 Å². The molecule has 0 unspecified atom stereocenters. The first-order valence-corrected chi connectivity index (χ1v) is 12.3. The van der Waals surface area contributed by atoms with Crippen LogP contribution in [0.4, 0.5) is 11.4 Å². The van der Waals surface area contributed by atoms with Crippen molar-refractivity contribution in [2.45, 2.75) is 31.3 Å². The zero-order valence-electron chi connectivity index (χ0n) is 19.9. The zero-order chi connectivity index (χ0) is 26.5. The lowest BCUT2D eigenvalue weighted by Crippen LogP contribution is -2.39. The van der Waals surface area contributed by atoms with Crippen LogP contribution in [0, 0.1) is 15.3 Å². The van der Waals surface area contributed by atoms with E-state index in [1.54, 1.807) is 69.3 Å². The summed E-state index contributed by atoms with van der Waals surface area (Å²) >= 11 is 0. The van der Waals surface area contributed by atoms with Crippen LogP contribution in [-0.4, -0.2) is 31.5 Å². The SMILES string of the molecule is CC(C)(C)OC(=O)CN(c1ccccc1/C=C/c1cc[n+]([O-])cc1)S(=O)(=O)c1ccc([N+](=O)[O-])cc1. The molecule has 0 aliphatic heterocycles. The van der Waals surface area contributed by atoms with Gasteiger partial charge in [-0.15, -0.1) is 0 Å². The van der Waals surface area contributed by atoms with Crippen molar-refractivity contribution in [3.8, 4) is 0 Å². The van der Waals surface area contributed by atoms with E-state index in [0.29, 0.717) is 15.9 Å². The number of ether oxygens (including phenoxy) is 1. The van der Waals surface area contributed by atoms with Gasteiger partial charge >= 0.3 is 5.97 Å². The van der Waals surface area contributed by atoms with Gasteiger partial charge in [-0.05, 0) is 50.1 Å². The second-order valence-electron chi connectivity index (χ2n) is 8.73. The van der Waals surface area contributed by atoms with E-state index >= 15 is 0 Å². The summed E-state index contributed by atoms with van der Waals surface area (Å²) in [6, 6.07) is 14.2. The summed E-state index contributed by atoms with van der Waals surface area (Å²) in [6.45, 7) is 4.38. The molecule has 3 rings (SSSR count). The van der Waals surface area contributed by atoms with Crippen LogP contribution in [0.3, 0.4) is 0 Å². The van der Waals surface area contributed by atoms with Crippen LogP contribution >= 0.6 is 0 Å². The predicted molar refractivity (Wildman–Crippen MR) is 134 cm³/mol. The Morgan fingerprint density at radius 1 is 1.03 bits per heavy atom. The molecule has 2 aromatic carbocycles. The fraction of sp³-hybridized carbons (Fsp3) is 0.200. The van der Waals surface area contributed by atoms with Gasteiger partial charge in [0.25, 0.3) is 15.7 Å². The molecule has 1 heterocycles. The van der Waals surface area contributed by atoms with Crippen molar-refractivity contribution < 1.29 is 27.6 Å². The van der Waals surface area contributed by atoms with Gasteiger partial charge in [-0.1, -0.05) is 30.4 Å². The predicted octanol–water partition coefficient (Wildman–Crippen LogP) is 3.94. The number of rotatable bonds is 8. The summed E-state index contributed by atoms with van der Waals surface area (Å²) in [5, 5.41) is 22.3. The number of carbonyl (C=O) groups is 1. The van der Waals surface area contributed by atoms with Crippen LogP contribution in [0.25, 0.3) is 12.2 Å². The molecule has 0 spiro atoms. The topological polar surface area (TPSA) is 134 Å². The zero-order valence-corrected chi connectivity index (χ0v) is 20.7. The monoisotopic (exact) mass is 511 g/mol. The number of aromatic nitrogens is 1. The molecule has 10 nitrogen and oxygen atoms in total. The van der Waals surface area contributed by atoms with Crippen molar-refractivity contribution in [3.63, 3.8) is 0 Å². The van der Waals surface area contributed by atoms with E-state index in [9.17, 15) is 28.5 Å². The van der Waals surface area contributed by atoms with Gasteiger partial charge in [0, 0.05) is 24.3 Å². The van der Waals surface area contributed by atoms with Crippen molar-refractivity contribution >= 4 is 39.5 Å². The number of esters is 1. The molecule has 188 valence electrons. The lowest BCUT2D eigenvalue weighted by atomic mass is 10.1. The van der Waals surface area contributed by atoms with Gasteiger partial charge in [-0.2, -0.15) is 4.73 Å². The Labute approximate surface area is 208 Å². The Balaban J connectivity index is 2.07. The number of carbonyl (C=O) groups excluding carboxylic acids is 1. The first kappa shape index (κ1) is 26.4. The minimum absolute atomic E-state index is 0.202. The summed E-state index contributed by atoms with van der Waals surface area (Å²) < 4.78 is 34.3. The maximum absolute atomic E-state index is 13.7. The van der Waals surface area contributed by atoms with Crippen molar-refractivity contribution in [2.24, 2.45) is 0 Å². The number of sulfonamides is 1. The normalized spacial score (nSPS) is 11.9. The highest BCUT2D eigenvalue weighted by Gasteiger charge is 2.30. The average Bonchev–Trinajstić information content (AvgIpc) is 2.81. The molecule has 0 atom stereocenters. The van der Waals surface area contributed by atoms with Crippen molar-refractivity contribution in [2.75, 3.05) is 10.8 Å². The maximum atomic E-state index is 13.7. The van der Waals surface area contributed by atoms with Crippen LogP contribution < -0.4 is 9.04 Å². The van der Waals surface area contributed by atoms with E-state index in [2.05, 4.69) is 0 Å². The number of pyridine rings is 1. The van der Waals surface area contributed by atoms with E-state index in [-0.39, 0.29) is 16.3 Å². The molecule has 0 radical (unpaired) electrons. The van der Waals surface area contributed by atoms with Crippen LogP contribution in [0.5, 0.6) is 0 Å². The van der Waals surface area contributed by atoms with E-state index in [4.69, 9.17) is 4.74 Å². The quantitative estimate of drug-likeness (QED) is 0.147. The molecule has 36 heavy (non-hydrogen) atoms. The first-order valence-electron chi connectivity index (χ1n) is 10.8. The Morgan fingerprint density at radius 2 is 1.64 bits per heavy atom. The minimum Gasteiger partial charge on any atom is -0.619 e. The molecule has 0 saturated heterocycles. The molecule has 0 bridgehead atoms. The van der Waals surface area contributed by atoms with Gasteiger partial charge in [0.15, 0.2) is 12.4 Å². The molecule has 0 aliphatic carbocycles. The molecular formula is C25H25N3O7S. The number of non-ortho nitro benzene ring substituents is 1. The van der Waals surface area contributed by atoms with E-state index in [1.807, 2.05) is 0 Å². The summed E-state index contributed by atoms with van der Waals surface area (Å²) in [4.78, 5) is 22.9. The number of para-hydroxylation sites is 1. The summed E-state index contributed by atoms with van der Waals surface area (Å²) in [7, 11) is -4.33. The second kappa shape index (κ2) is 10.6. The van der Waals surface area contributed by atoms with E-state index in [1.165, 1.54) is 12.4 Å². The average molecular weight is 512 g/mol. The van der Waals surface area contributed by atoms with E-state index < -0.39 is 33.1 Å². The van der Waals surface area contributed by atoms with Crippen molar-refractivity contribution in [3.05, 3.63) is 99.5 Å². The van der Waals surface area contributed by atoms with Gasteiger partial charge in [0.05, 0.1) is 15.5 Å². The molecule has 1 aromatic heterocycles. The van der Waals surface area contributed by atoms with Crippen LogP contribution in [-0.2, 0) is 19.6 Å². The third kappa shape index (κ3) is 6.66. The molecular weight excluding hydrogens is 486 g/mol. The summed E-state index contributed by atoms with van der Waals surface area (Å²) in [6.07, 6.45) is 6.02. The largest absolute Gasteiger partial charge is 0.619 e. The maximum Gasteiger partial charge on any atom is 0.327 e. The minimum atomic E-state index is -4.33. The number of hydrogen-bond donors (Lipinski definition) is 0. The molecule has 0 fully saturated rings. The number of nitrogens with zero attached hydrogens (tertiary/aromatic N) is 3. The van der Waals surface area contributed by atoms with Crippen molar-refractivity contribution in [1.82, 2.24) is 0 Å². The van der Waals surface area contributed by atoms with Gasteiger partial charge in [-0.3, -0.25) is 19.2 Å². The van der Waals surface area contributed by atoms with Gasteiger partial charge in [-0.25, -0.2) is 8.42 Å².